The van der Waals surface area contributed by atoms with Crippen molar-refractivity contribution in [2.24, 2.45) is 5.73 Å². The van der Waals surface area contributed by atoms with Crippen molar-refractivity contribution >= 4 is 38.8 Å². The van der Waals surface area contributed by atoms with E-state index in [9.17, 15) is 4.39 Å². The Balaban J connectivity index is 3.15. The summed E-state index contributed by atoms with van der Waals surface area (Å²) in [5.41, 5.74) is 6.40. The Kier molecular flexibility index (Phi) is 4.04. The largest absolute Gasteiger partial charge is 0.389 e. The Morgan fingerprint density at radius 3 is 2.60 bits per heavy atom. The van der Waals surface area contributed by atoms with Crippen LogP contribution in [0.1, 0.15) is 19.4 Å². The van der Waals surface area contributed by atoms with E-state index in [0.29, 0.717) is 15.7 Å². The molecule has 0 aliphatic carbocycles. The maximum absolute atomic E-state index is 13.8. The van der Waals surface area contributed by atoms with Crippen LogP contribution >= 0.6 is 28.1 Å². The van der Waals surface area contributed by atoms with Gasteiger partial charge in [-0.3, -0.25) is 0 Å². The Bertz CT molecular complexity index is 393. The monoisotopic (exact) mass is 290 g/mol. The van der Waals surface area contributed by atoms with E-state index < -0.39 is 0 Å². The van der Waals surface area contributed by atoms with Gasteiger partial charge in [0.1, 0.15) is 4.99 Å². The number of hydrogen-bond acceptors (Lipinski definition) is 2. The lowest BCUT2D eigenvalue weighted by atomic mass is 10.2. The van der Waals surface area contributed by atoms with E-state index in [1.54, 1.807) is 12.1 Å². The second-order valence-electron chi connectivity index (χ2n) is 3.45. The Morgan fingerprint density at radius 2 is 2.13 bits per heavy atom. The number of benzene rings is 1. The predicted molar refractivity (Wildman–Crippen MR) is 68.7 cm³/mol. The number of rotatable bonds is 3. The molecule has 82 valence electrons. The van der Waals surface area contributed by atoms with E-state index in [-0.39, 0.29) is 16.8 Å². The molecule has 0 aromatic heterocycles. The fourth-order valence-electron chi connectivity index (χ4n) is 1.16. The van der Waals surface area contributed by atoms with Gasteiger partial charge in [0.25, 0.3) is 0 Å². The summed E-state index contributed by atoms with van der Waals surface area (Å²) in [6.07, 6.45) is 0. The average molecular weight is 291 g/mol. The van der Waals surface area contributed by atoms with Crippen LogP contribution in [0, 0.1) is 5.82 Å². The molecule has 0 heterocycles. The van der Waals surface area contributed by atoms with Crippen LogP contribution in [0.3, 0.4) is 0 Å². The zero-order valence-corrected chi connectivity index (χ0v) is 10.9. The van der Waals surface area contributed by atoms with E-state index in [2.05, 4.69) is 21.2 Å². The van der Waals surface area contributed by atoms with Crippen molar-refractivity contribution in [1.29, 1.82) is 0 Å². The average Bonchev–Trinajstić information content (AvgIpc) is 2.12. The summed E-state index contributed by atoms with van der Waals surface area (Å²) in [6.45, 7) is 3.88. The summed E-state index contributed by atoms with van der Waals surface area (Å²) in [5, 5.41) is 2.99. The number of halogens is 2. The van der Waals surface area contributed by atoms with Gasteiger partial charge in [-0.15, -0.1) is 0 Å². The number of nitrogens with one attached hydrogen (secondary N) is 1. The van der Waals surface area contributed by atoms with Gasteiger partial charge in [0.05, 0.1) is 10.2 Å². The molecule has 3 N–H and O–H groups in total. The van der Waals surface area contributed by atoms with E-state index in [1.165, 1.54) is 0 Å². The molecule has 1 aromatic rings. The summed E-state index contributed by atoms with van der Waals surface area (Å²) >= 11 is 7.94. The molecule has 0 atom stereocenters. The second-order valence-corrected chi connectivity index (χ2v) is 4.68. The van der Waals surface area contributed by atoms with Crippen LogP contribution in [0.2, 0.25) is 0 Å². The van der Waals surface area contributed by atoms with Gasteiger partial charge in [0, 0.05) is 11.6 Å². The van der Waals surface area contributed by atoms with Crippen molar-refractivity contribution in [2.75, 3.05) is 5.32 Å². The third kappa shape index (κ3) is 2.89. The summed E-state index contributed by atoms with van der Waals surface area (Å²) in [5.74, 6) is -0.367. The van der Waals surface area contributed by atoms with Crippen LogP contribution in [0.4, 0.5) is 10.1 Å². The van der Waals surface area contributed by atoms with Gasteiger partial charge in [-0.05, 0) is 41.9 Å². The first-order chi connectivity index (χ1) is 6.93. The molecular weight excluding hydrogens is 279 g/mol. The fourth-order valence-corrected chi connectivity index (χ4v) is 2.02. The minimum Gasteiger partial charge on any atom is -0.389 e. The van der Waals surface area contributed by atoms with Gasteiger partial charge >= 0.3 is 0 Å². The lowest BCUT2D eigenvalue weighted by Gasteiger charge is -2.13. The maximum Gasteiger partial charge on any atom is 0.161 e. The predicted octanol–water partition coefficient (Wildman–Crippen LogP) is 3.04. The van der Waals surface area contributed by atoms with Crippen molar-refractivity contribution < 1.29 is 4.39 Å². The number of hydrogen-bond donors (Lipinski definition) is 2. The molecule has 0 aliphatic heterocycles. The minimum absolute atomic E-state index is 0.169. The molecule has 2 nitrogen and oxygen atoms in total. The molecule has 0 saturated carbocycles. The van der Waals surface area contributed by atoms with E-state index in [4.69, 9.17) is 18.0 Å². The smallest absolute Gasteiger partial charge is 0.161 e. The van der Waals surface area contributed by atoms with Gasteiger partial charge in [-0.25, -0.2) is 4.39 Å². The normalized spacial score (nSPS) is 10.5. The quantitative estimate of drug-likeness (QED) is 0.841. The molecule has 0 saturated heterocycles. The van der Waals surface area contributed by atoms with Crippen LogP contribution in [-0.2, 0) is 0 Å². The molecule has 5 heteroatoms. The highest BCUT2D eigenvalue weighted by Gasteiger charge is 2.12. The molecule has 0 fully saturated rings. The molecule has 15 heavy (non-hydrogen) atoms. The summed E-state index contributed by atoms with van der Waals surface area (Å²) in [7, 11) is 0. The molecule has 0 spiro atoms. The first kappa shape index (κ1) is 12.4. The van der Waals surface area contributed by atoms with E-state index in [1.807, 2.05) is 13.8 Å². The fraction of sp³-hybridized carbons (Fsp3) is 0.300. The number of thiocarbonyl (C=S) groups is 1. The lowest BCUT2D eigenvalue weighted by Crippen LogP contribution is -2.14. The molecular formula is C10H12BrFN2S. The Hall–Kier alpha value is -0.680. The maximum atomic E-state index is 13.8. The molecule has 0 bridgehead atoms. The van der Waals surface area contributed by atoms with Crippen molar-refractivity contribution in [3.63, 3.8) is 0 Å². The van der Waals surface area contributed by atoms with Gasteiger partial charge in [0.2, 0.25) is 0 Å². The first-order valence-corrected chi connectivity index (χ1v) is 5.68. The highest BCUT2D eigenvalue weighted by atomic mass is 79.9. The van der Waals surface area contributed by atoms with Crippen LogP contribution in [-0.4, -0.2) is 11.0 Å². The molecule has 1 aromatic carbocycles. The van der Waals surface area contributed by atoms with Crippen LogP contribution in [0.5, 0.6) is 0 Å². The minimum atomic E-state index is -0.367. The van der Waals surface area contributed by atoms with Gasteiger partial charge in [-0.2, -0.15) is 0 Å². The third-order valence-corrected chi connectivity index (χ3v) is 2.79. The summed E-state index contributed by atoms with van der Waals surface area (Å²) < 4.78 is 14.1. The molecule has 1 rings (SSSR count). The molecule has 0 radical (unpaired) electrons. The molecule has 0 amide bonds. The first-order valence-electron chi connectivity index (χ1n) is 4.47. The van der Waals surface area contributed by atoms with Crippen LogP contribution in [0.15, 0.2) is 16.6 Å². The molecule has 0 aliphatic rings. The van der Waals surface area contributed by atoms with Crippen LogP contribution in [0.25, 0.3) is 0 Å². The van der Waals surface area contributed by atoms with Gasteiger partial charge in [-0.1, -0.05) is 12.2 Å². The third-order valence-electron chi connectivity index (χ3n) is 1.79. The van der Waals surface area contributed by atoms with Gasteiger partial charge in [0.15, 0.2) is 5.82 Å². The summed E-state index contributed by atoms with van der Waals surface area (Å²) in [4.78, 5) is 0.178. The highest BCUT2D eigenvalue weighted by molar-refractivity contribution is 9.10. The van der Waals surface area contributed by atoms with E-state index >= 15 is 0 Å². The van der Waals surface area contributed by atoms with Crippen molar-refractivity contribution in [3.8, 4) is 0 Å². The molecule has 0 unspecified atom stereocenters. The Morgan fingerprint density at radius 1 is 1.53 bits per heavy atom. The van der Waals surface area contributed by atoms with E-state index in [0.717, 1.165) is 0 Å². The van der Waals surface area contributed by atoms with Crippen molar-refractivity contribution in [3.05, 3.63) is 28.0 Å². The summed E-state index contributed by atoms with van der Waals surface area (Å²) in [6, 6.07) is 3.50. The zero-order chi connectivity index (χ0) is 11.6. The topological polar surface area (TPSA) is 38.0 Å². The standard InChI is InChI=1S/C10H12BrFN2S/c1-5(2)14-7-4-3-6(10(13)15)8(11)9(7)12/h3-5,14H,1-2H3,(H2,13,15). The second kappa shape index (κ2) is 4.90. The van der Waals surface area contributed by atoms with Crippen molar-refractivity contribution in [1.82, 2.24) is 0 Å². The number of anilines is 1. The SMILES string of the molecule is CC(C)Nc1ccc(C(N)=S)c(Br)c1F. The lowest BCUT2D eigenvalue weighted by molar-refractivity contribution is 0.621. The zero-order valence-electron chi connectivity index (χ0n) is 8.47. The highest BCUT2D eigenvalue weighted by Crippen LogP contribution is 2.27. The van der Waals surface area contributed by atoms with Crippen LogP contribution < -0.4 is 11.1 Å². The van der Waals surface area contributed by atoms with Gasteiger partial charge < -0.3 is 11.1 Å². The number of nitrogens with two attached hydrogens (primary N) is 1. The van der Waals surface area contributed by atoms with Crippen molar-refractivity contribution in [2.45, 2.75) is 19.9 Å². The Labute approximate surface area is 102 Å².